The van der Waals surface area contributed by atoms with Crippen molar-refractivity contribution in [2.75, 3.05) is 24.8 Å². The number of ether oxygens (including phenoxy) is 2. The largest absolute Gasteiger partial charge is 0.489 e. The second-order valence-electron chi connectivity index (χ2n) is 6.81. The first-order valence-corrected chi connectivity index (χ1v) is 9.51. The summed E-state index contributed by atoms with van der Waals surface area (Å²) < 4.78 is 34.2. The number of hydrogen-bond acceptors (Lipinski definition) is 6. The van der Waals surface area contributed by atoms with Gasteiger partial charge in [-0.3, -0.25) is 4.79 Å². The fourth-order valence-corrected chi connectivity index (χ4v) is 2.90. The van der Waals surface area contributed by atoms with E-state index >= 15 is 0 Å². The van der Waals surface area contributed by atoms with Crippen molar-refractivity contribution in [1.29, 1.82) is 0 Å². The predicted octanol–water partition coefficient (Wildman–Crippen LogP) is 1.34. The molecular formula is C16H22N2O6S. The maximum Gasteiger partial charge on any atom is 0.408 e. The Morgan fingerprint density at radius 3 is 2.56 bits per heavy atom. The van der Waals surface area contributed by atoms with E-state index in [0.717, 1.165) is 6.26 Å². The molecule has 2 rings (SSSR count). The number of nitrogens with zero attached hydrogens (tertiary/aromatic N) is 1. The fraction of sp³-hybridized carbons (Fsp3) is 0.500. The van der Waals surface area contributed by atoms with E-state index in [1.165, 1.54) is 30.1 Å². The Balaban J connectivity index is 2.25. The molecule has 8 nitrogen and oxygen atoms in total. The molecule has 1 aliphatic rings. The van der Waals surface area contributed by atoms with Gasteiger partial charge in [-0.05, 0) is 39.0 Å². The maximum atomic E-state index is 12.6. The number of nitrogens with one attached hydrogen (secondary N) is 1. The van der Waals surface area contributed by atoms with E-state index in [1.54, 1.807) is 20.8 Å². The van der Waals surface area contributed by atoms with Crippen LogP contribution in [0.1, 0.15) is 20.8 Å². The Bertz CT molecular complexity index is 797. The number of anilines is 1. The number of rotatable bonds is 2. The summed E-state index contributed by atoms with van der Waals surface area (Å²) in [6, 6.07) is 3.33. The second-order valence-corrected chi connectivity index (χ2v) is 8.82. The highest BCUT2D eigenvalue weighted by atomic mass is 32.2. The Morgan fingerprint density at radius 2 is 2.00 bits per heavy atom. The summed E-state index contributed by atoms with van der Waals surface area (Å²) in [5, 5.41) is 2.48. The van der Waals surface area contributed by atoms with E-state index in [1.807, 2.05) is 0 Å². The lowest BCUT2D eigenvalue weighted by molar-refractivity contribution is -0.120. The van der Waals surface area contributed by atoms with Crippen LogP contribution in [0.25, 0.3) is 0 Å². The predicted molar refractivity (Wildman–Crippen MR) is 91.6 cm³/mol. The lowest BCUT2D eigenvalue weighted by Crippen LogP contribution is -2.50. The fourth-order valence-electron chi connectivity index (χ4n) is 2.26. The van der Waals surface area contributed by atoms with Crippen molar-refractivity contribution in [3.8, 4) is 5.75 Å². The van der Waals surface area contributed by atoms with E-state index in [2.05, 4.69) is 5.32 Å². The molecule has 1 aliphatic heterocycles. The van der Waals surface area contributed by atoms with Crippen LogP contribution >= 0.6 is 0 Å². The quantitative estimate of drug-likeness (QED) is 0.843. The average Bonchev–Trinajstić information content (AvgIpc) is 2.56. The molecule has 138 valence electrons. The van der Waals surface area contributed by atoms with Gasteiger partial charge < -0.3 is 19.7 Å². The molecule has 25 heavy (non-hydrogen) atoms. The van der Waals surface area contributed by atoms with Gasteiger partial charge in [0.05, 0.1) is 10.6 Å². The highest BCUT2D eigenvalue weighted by molar-refractivity contribution is 7.90. The van der Waals surface area contributed by atoms with Crippen LogP contribution in [-0.2, 0) is 19.4 Å². The molecule has 1 heterocycles. The Kier molecular flexibility index (Phi) is 4.99. The number of fused-ring (bicyclic) bond motifs is 1. The number of benzene rings is 1. The second kappa shape index (κ2) is 6.55. The van der Waals surface area contributed by atoms with Crippen LogP contribution in [-0.4, -0.2) is 52.0 Å². The number of amides is 2. The first-order chi connectivity index (χ1) is 11.4. The molecule has 1 N–H and O–H groups in total. The molecule has 0 aromatic heterocycles. The minimum atomic E-state index is -3.43. The maximum absolute atomic E-state index is 12.6. The Hall–Kier alpha value is -2.29. The van der Waals surface area contributed by atoms with Crippen LogP contribution in [0, 0.1) is 0 Å². The molecular weight excluding hydrogens is 348 g/mol. The molecule has 1 atom stereocenters. The van der Waals surface area contributed by atoms with Gasteiger partial charge in [0, 0.05) is 13.3 Å². The van der Waals surface area contributed by atoms with Gasteiger partial charge in [-0.1, -0.05) is 0 Å². The molecule has 2 amide bonds. The van der Waals surface area contributed by atoms with E-state index in [-0.39, 0.29) is 11.5 Å². The summed E-state index contributed by atoms with van der Waals surface area (Å²) in [6.07, 6.45) is 0.353. The summed E-state index contributed by atoms with van der Waals surface area (Å²) in [5.74, 6) is -0.0769. The summed E-state index contributed by atoms with van der Waals surface area (Å²) in [4.78, 5) is 25.8. The van der Waals surface area contributed by atoms with E-state index in [4.69, 9.17) is 9.47 Å². The first kappa shape index (κ1) is 19.0. The third kappa shape index (κ3) is 4.62. The molecule has 9 heteroatoms. The number of hydrogen-bond donors (Lipinski definition) is 1. The highest BCUT2D eigenvalue weighted by Gasteiger charge is 2.32. The number of carbonyl (C=O) groups excluding carboxylic acids is 2. The van der Waals surface area contributed by atoms with Gasteiger partial charge in [-0.25, -0.2) is 13.2 Å². The summed E-state index contributed by atoms with van der Waals surface area (Å²) in [6.45, 7) is 5.06. The molecule has 1 aromatic rings. The number of carbonyl (C=O) groups is 2. The minimum Gasteiger partial charge on any atom is -0.489 e. The monoisotopic (exact) mass is 370 g/mol. The van der Waals surface area contributed by atoms with Gasteiger partial charge >= 0.3 is 6.09 Å². The van der Waals surface area contributed by atoms with Gasteiger partial charge in [0.25, 0.3) is 5.91 Å². The van der Waals surface area contributed by atoms with Crippen molar-refractivity contribution in [3.05, 3.63) is 18.2 Å². The van der Waals surface area contributed by atoms with Crippen molar-refractivity contribution >= 4 is 27.5 Å². The third-order valence-electron chi connectivity index (χ3n) is 3.45. The molecule has 0 aliphatic carbocycles. The molecule has 0 saturated carbocycles. The Labute approximate surface area is 147 Å². The summed E-state index contributed by atoms with van der Waals surface area (Å²) in [7, 11) is -1.93. The van der Waals surface area contributed by atoms with Gasteiger partial charge in [0.1, 0.15) is 24.0 Å². The SMILES string of the molecule is CN1C(=O)C(NC(=O)OC(C)(C)C)COc2ccc(S(C)(=O)=O)cc21. The first-order valence-electron chi connectivity index (χ1n) is 7.62. The lowest BCUT2D eigenvalue weighted by atomic mass is 10.2. The molecule has 0 fully saturated rings. The van der Waals surface area contributed by atoms with Crippen LogP contribution in [0.3, 0.4) is 0 Å². The van der Waals surface area contributed by atoms with Crippen molar-refractivity contribution in [2.24, 2.45) is 0 Å². The van der Waals surface area contributed by atoms with Gasteiger partial charge in [-0.15, -0.1) is 0 Å². The molecule has 0 bridgehead atoms. The van der Waals surface area contributed by atoms with Crippen molar-refractivity contribution in [2.45, 2.75) is 37.3 Å². The highest BCUT2D eigenvalue weighted by Crippen LogP contribution is 2.33. The number of sulfone groups is 1. The molecule has 0 saturated heterocycles. The lowest BCUT2D eigenvalue weighted by Gasteiger charge is -2.23. The third-order valence-corrected chi connectivity index (χ3v) is 4.56. The van der Waals surface area contributed by atoms with Crippen LogP contribution in [0.5, 0.6) is 5.75 Å². The van der Waals surface area contributed by atoms with Gasteiger partial charge in [-0.2, -0.15) is 0 Å². The van der Waals surface area contributed by atoms with E-state index in [0.29, 0.717) is 11.4 Å². The molecule has 1 aromatic carbocycles. The van der Waals surface area contributed by atoms with Gasteiger partial charge in [0.15, 0.2) is 9.84 Å². The van der Waals surface area contributed by atoms with Crippen LogP contribution < -0.4 is 15.0 Å². The minimum absolute atomic E-state index is 0.0769. The smallest absolute Gasteiger partial charge is 0.408 e. The van der Waals surface area contributed by atoms with E-state index < -0.39 is 33.5 Å². The van der Waals surface area contributed by atoms with Gasteiger partial charge in [0.2, 0.25) is 0 Å². The van der Waals surface area contributed by atoms with Crippen molar-refractivity contribution in [3.63, 3.8) is 0 Å². The summed E-state index contributed by atoms with van der Waals surface area (Å²) in [5.41, 5.74) is -0.376. The molecule has 1 unspecified atom stereocenters. The Morgan fingerprint density at radius 1 is 1.36 bits per heavy atom. The molecule has 0 spiro atoms. The number of likely N-dealkylation sites (N-methyl/N-ethyl adjacent to an activating group) is 1. The van der Waals surface area contributed by atoms with Crippen molar-refractivity contribution in [1.82, 2.24) is 5.32 Å². The summed E-state index contributed by atoms with van der Waals surface area (Å²) >= 11 is 0. The normalized spacial score (nSPS) is 18.0. The number of alkyl carbamates (subject to hydrolysis) is 1. The van der Waals surface area contributed by atoms with Crippen molar-refractivity contribution < 1.29 is 27.5 Å². The zero-order valence-electron chi connectivity index (χ0n) is 14.8. The van der Waals surface area contributed by atoms with E-state index in [9.17, 15) is 18.0 Å². The van der Waals surface area contributed by atoms with Crippen LogP contribution in [0.4, 0.5) is 10.5 Å². The average molecular weight is 370 g/mol. The zero-order valence-corrected chi connectivity index (χ0v) is 15.6. The van der Waals surface area contributed by atoms with Crippen LogP contribution in [0.2, 0.25) is 0 Å². The topological polar surface area (TPSA) is 102 Å². The standard InChI is InChI=1S/C16H22N2O6S/c1-16(2,3)24-15(20)17-11-9-23-13-7-6-10(25(5,21)22)8-12(13)18(4)14(11)19/h6-8,11H,9H2,1-5H3,(H,17,20). The van der Waals surface area contributed by atoms with Crippen LogP contribution in [0.15, 0.2) is 23.1 Å². The molecule has 0 radical (unpaired) electrons. The zero-order chi connectivity index (χ0) is 19.0.